The Morgan fingerprint density at radius 3 is 2.95 bits per heavy atom. The number of benzene rings is 1. The number of carbonyl (C=O) groups excluding carboxylic acids is 1. The van der Waals surface area contributed by atoms with Crippen LogP contribution in [0, 0.1) is 0 Å². The van der Waals surface area contributed by atoms with Crippen molar-refractivity contribution in [2.24, 2.45) is 0 Å². The molecule has 6 heteroatoms. The van der Waals surface area contributed by atoms with Crippen LogP contribution in [0.3, 0.4) is 0 Å². The third-order valence-electron chi connectivity index (χ3n) is 3.29. The van der Waals surface area contributed by atoms with Crippen LogP contribution in [0.4, 0.5) is 0 Å². The van der Waals surface area contributed by atoms with Gasteiger partial charge in [-0.1, -0.05) is 25.1 Å². The Bertz CT molecular complexity index is 742. The lowest BCUT2D eigenvalue weighted by molar-refractivity contribution is 0.0925. The van der Waals surface area contributed by atoms with E-state index in [9.17, 15) is 4.79 Å². The van der Waals surface area contributed by atoms with Crippen LogP contribution >= 0.6 is 0 Å². The van der Waals surface area contributed by atoms with Gasteiger partial charge in [-0.05, 0) is 19.1 Å². The molecular formula is C15H16N4O2. The van der Waals surface area contributed by atoms with Crippen molar-refractivity contribution in [3.8, 4) is 0 Å². The van der Waals surface area contributed by atoms with Crippen LogP contribution < -0.4 is 5.32 Å². The van der Waals surface area contributed by atoms with Gasteiger partial charge in [-0.2, -0.15) is 0 Å². The minimum absolute atomic E-state index is 0.148. The third-order valence-corrected chi connectivity index (χ3v) is 3.29. The number of H-pyrrole nitrogens is 1. The maximum Gasteiger partial charge on any atom is 0.291 e. The van der Waals surface area contributed by atoms with Gasteiger partial charge in [-0.3, -0.25) is 9.89 Å². The largest absolute Gasteiger partial charge is 0.459 e. The summed E-state index contributed by atoms with van der Waals surface area (Å²) in [5.41, 5.74) is 0.805. The van der Waals surface area contributed by atoms with Crippen LogP contribution in [0.5, 0.6) is 0 Å². The van der Waals surface area contributed by atoms with Crippen molar-refractivity contribution in [2.75, 3.05) is 0 Å². The quantitative estimate of drug-likeness (QED) is 0.771. The zero-order chi connectivity index (χ0) is 14.8. The number of nitrogens with zero attached hydrogens (tertiary/aromatic N) is 2. The fourth-order valence-corrected chi connectivity index (χ4v) is 2.10. The average molecular weight is 284 g/mol. The number of hydrogen-bond acceptors (Lipinski definition) is 4. The smallest absolute Gasteiger partial charge is 0.291 e. The Morgan fingerprint density at radius 2 is 2.24 bits per heavy atom. The number of furan rings is 1. The first kappa shape index (κ1) is 13.4. The number of amides is 1. The Kier molecular flexibility index (Phi) is 3.43. The highest BCUT2D eigenvalue weighted by molar-refractivity contribution is 5.90. The number of para-hydroxylation sites is 1. The standard InChI is InChI=1S/C15H16N4O2/c1-3-13-17-14(19-18-13)15(20)16-9(2)12-8-10-6-4-5-7-11(10)21-12/h4-9H,3H2,1-2H3,(H,16,20)(H,17,18,19). The van der Waals surface area contributed by atoms with Gasteiger partial charge in [0.15, 0.2) is 0 Å². The Labute approximate surface area is 121 Å². The predicted molar refractivity (Wildman–Crippen MR) is 77.9 cm³/mol. The average Bonchev–Trinajstić information content (AvgIpc) is 3.13. The number of aromatic amines is 1. The number of aromatic nitrogens is 3. The highest BCUT2D eigenvalue weighted by Gasteiger charge is 2.18. The zero-order valence-corrected chi connectivity index (χ0v) is 11.9. The lowest BCUT2D eigenvalue weighted by atomic mass is 10.2. The van der Waals surface area contributed by atoms with Gasteiger partial charge in [0.05, 0.1) is 6.04 Å². The normalized spacial score (nSPS) is 12.5. The van der Waals surface area contributed by atoms with Crippen molar-refractivity contribution in [3.05, 3.63) is 47.7 Å². The first-order chi connectivity index (χ1) is 10.2. The molecular weight excluding hydrogens is 268 g/mol. The van der Waals surface area contributed by atoms with Crippen molar-refractivity contribution < 1.29 is 9.21 Å². The van der Waals surface area contributed by atoms with Crippen LogP contribution in [-0.4, -0.2) is 21.1 Å². The number of aryl methyl sites for hydroxylation is 1. The summed E-state index contributed by atoms with van der Waals surface area (Å²) in [5.74, 6) is 1.22. The monoisotopic (exact) mass is 284 g/mol. The Morgan fingerprint density at radius 1 is 1.43 bits per heavy atom. The molecule has 0 spiro atoms. The molecule has 1 atom stereocenters. The highest BCUT2D eigenvalue weighted by Crippen LogP contribution is 2.23. The fraction of sp³-hybridized carbons (Fsp3) is 0.267. The molecule has 1 aromatic carbocycles. The molecule has 1 unspecified atom stereocenters. The summed E-state index contributed by atoms with van der Waals surface area (Å²) in [6.45, 7) is 3.81. The molecule has 0 aliphatic rings. The van der Waals surface area contributed by atoms with Crippen LogP contribution in [-0.2, 0) is 6.42 Å². The lowest BCUT2D eigenvalue weighted by Crippen LogP contribution is -2.27. The second-order valence-corrected chi connectivity index (χ2v) is 4.84. The van der Waals surface area contributed by atoms with Gasteiger partial charge in [-0.15, -0.1) is 5.10 Å². The summed E-state index contributed by atoms with van der Waals surface area (Å²) in [5, 5.41) is 10.5. The zero-order valence-electron chi connectivity index (χ0n) is 11.9. The molecule has 0 bridgehead atoms. The molecule has 0 saturated heterocycles. The van der Waals surface area contributed by atoms with Crippen molar-refractivity contribution in [1.82, 2.24) is 20.5 Å². The number of fused-ring (bicyclic) bond motifs is 1. The molecule has 0 aliphatic carbocycles. The summed E-state index contributed by atoms with van der Waals surface area (Å²) >= 11 is 0. The number of nitrogens with one attached hydrogen (secondary N) is 2. The van der Waals surface area contributed by atoms with E-state index in [2.05, 4.69) is 20.5 Å². The van der Waals surface area contributed by atoms with E-state index in [1.807, 2.05) is 44.2 Å². The molecule has 2 aromatic heterocycles. The van der Waals surface area contributed by atoms with Gasteiger partial charge >= 0.3 is 0 Å². The molecule has 6 nitrogen and oxygen atoms in total. The molecule has 108 valence electrons. The number of carbonyl (C=O) groups is 1. The lowest BCUT2D eigenvalue weighted by Gasteiger charge is -2.09. The molecule has 21 heavy (non-hydrogen) atoms. The van der Waals surface area contributed by atoms with E-state index in [0.29, 0.717) is 18.0 Å². The SMILES string of the molecule is CCc1nc(C(=O)NC(C)c2cc3ccccc3o2)n[nH]1. The summed E-state index contributed by atoms with van der Waals surface area (Å²) in [6, 6.07) is 9.41. The fourth-order valence-electron chi connectivity index (χ4n) is 2.10. The van der Waals surface area contributed by atoms with E-state index >= 15 is 0 Å². The van der Waals surface area contributed by atoms with Crippen LogP contribution in [0.15, 0.2) is 34.7 Å². The molecule has 0 aliphatic heterocycles. The molecule has 2 N–H and O–H groups in total. The second-order valence-electron chi connectivity index (χ2n) is 4.84. The Balaban J connectivity index is 1.75. The van der Waals surface area contributed by atoms with Gasteiger partial charge < -0.3 is 9.73 Å². The minimum Gasteiger partial charge on any atom is -0.459 e. The summed E-state index contributed by atoms with van der Waals surface area (Å²) in [7, 11) is 0. The molecule has 3 aromatic rings. The van der Waals surface area contributed by atoms with Crippen molar-refractivity contribution in [3.63, 3.8) is 0 Å². The molecule has 0 radical (unpaired) electrons. The van der Waals surface area contributed by atoms with E-state index in [1.54, 1.807) is 0 Å². The van der Waals surface area contributed by atoms with Gasteiger partial charge in [-0.25, -0.2) is 4.98 Å². The maximum absolute atomic E-state index is 12.1. The Hall–Kier alpha value is -2.63. The molecule has 0 fully saturated rings. The number of rotatable bonds is 4. The van der Waals surface area contributed by atoms with E-state index in [4.69, 9.17) is 4.42 Å². The second kappa shape index (κ2) is 5.40. The summed E-state index contributed by atoms with van der Waals surface area (Å²) < 4.78 is 5.73. The topological polar surface area (TPSA) is 83.8 Å². The van der Waals surface area contributed by atoms with Gasteiger partial charge in [0, 0.05) is 11.8 Å². The van der Waals surface area contributed by atoms with E-state index in [1.165, 1.54) is 0 Å². The van der Waals surface area contributed by atoms with Crippen LogP contribution in [0.1, 0.15) is 42.1 Å². The van der Waals surface area contributed by atoms with Gasteiger partial charge in [0.2, 0.25) is 5.82 Å². The van der Waals surface area contributed by atoms with Crippen LogP contribution in [0.2, 0.25) is 0 Å². The first-order valence-corrected chi connectivity index (χ1v) is 6.88. The first-order valence-electron chi connectivity index (χ1n) is 6.88. The van der Waals surface area contributed by atoms with Gasteiger partial charge in [0.1, 0.15) is 17.2 Å². The predicted octanol–water partition coefficient (Wildman–Crippen LogP) is 2.60. The van der Waals surface area contributed by atoms with Crippen LogP contribution in [0.25, 0.3) is 11.0 Å². The van der Waals surface area contributed by atoms with E-state index in [0.717, 1.165) is 11.0 Å². The third kappa shape index (κ3) is 2.65. The van der Waals surface area contributed by atoms with E-state index in [-0.39, 0.29) is 17.8 Å². The molecule has 2 heterocycles. The maximum atomic E-state index is 12.1. The summed E-state index contributed by atoms with van der Waals surface area (Å²) in [6.07, 6.45) is 0.708. The number of hydrogen-bond donors (Lipinski definition) is 2. The van der Waals surface area contributed by atoms with Crippen molar-refractivity contribution in [2.45, 2.75) is 26.3 Å². The molecule has 1 amide bonds. The van der Waals surface area contributed by atoms with Crippen molar-refractivity contribution >= 4 is 16.9 Å². The minimum atomic E-state index is -0.320. The molecule has 3 rings (SSSR count). The van der Waals surface area contributed by atoms with E-state index < -0.39 is 0 Å². The highest BCUT2D eigenvalue weighted by atomic mass is 16.3. The van der Waals surface area contributed by atoms with Crippen molar-refractivity contribution in [1.29, 1.82) is 0 Å². The van der Waals surface area contributed by atoms with Gasteiger partial charge in [0.25, 0.3) is 5.91 Å². The summed E-state index contributed by atoms with van der Waals surface area (Å²) in [4.78, 5) is 16.2. The molecule has 0 saturated carbocycles.